The molecule has 4 aliphatic heterocycles. The van der Waals surface area contributed by atoms with Gasteiger partial charge in [0.15, 0.2) is 0 Å². The van der Waals surface area contributed by atoms with Crippen LogP contribution in [0.4, 0.5) is 0 Å². The third-order valence-corrected chi connectivity index (χ3v) is 8.09. The zero-order valence-corrected chi connectivity index (χ0v) is 31.8. The monoisotopic (exact) mass is 981 g/mol. The van der Waals surface area contributed by atoms with Crippen LogP contribution >= 0.6 is 50.4 Å². The Kier molecular flexibility index (Phi) is 29.3. The predicted octanol–water partition coefficient (Wildman–Crippen LogP) is 0.103. The van der Waals surface area contributed by atoms with Crippen molar-refractivity contribution in [1.82, 2.24) is 0 Å². The Labute approximate surface area is 307 Å². The van der Waals surface area contributed by atoms with Gasteiger partial charge in [0.05, 0.1) is 95.5 Å². The van der Waals surface area contributed by atoms with Gasteiger partial charge in [-0.15, -0.1) is 0 Å². The summed E-state index contributed by atoms with van der Waals surface area (Å²) in [5.41, 5.74) is -2.45. The normalized spacial score (nSPS) is 27.2. The molecule has 19 nitrogen and oxygen atoms in total. The number of aliphatic hydroxyl groups is 4. The summed E-state index contributed by atoms with van der Waals surface area (Å²) in [5, 5.41) is 34.0. The quantitative estimate of drug-likeness (QED) is 0.215. The van der Waals surface area contributed by atoms with Crippen LogP contribution in [-0.4, -0.2) is 129 Å². The second-order valence-electron chi connectivity index (χ2n) is 8.79. The van der Waals surface area contributed by atoms with Crippen LogP contribution in [0.15, 0.2) is 0 Å². The Morgan fingerprint density at radius 3 is 0.979 bits per heavy atom. The predicted molar refractivity (Wildman–Crippen MR) is 168 cm³/mol. The van der Waals surface area contributed by atoms with Crippen LogP contribution in [0, 0.1) is 16.2 Å². The first-order valence-electron chi connectivity index (χ1n) is 11.0. The van der Waals surface area contributed by atoms with Gasteiger partial charge in [0, 0.05) is 21.4 Å². The van der Waals surface area contributed by atoms with Crippen molar-refractivity contribution in [1.29, 1.82) is 0 Å². The molecule has 47 heavy (non-hydrogen) atoms. The van der Waals surface area contributed by atoms with E-state index in [1.54, 1.807) is 0 Å². The number of rotatable bonds is 4. The van der Waals surface area contributed by atoms with E-state index in [4.69, 9.17) is 70.4 Å². The molecule has 4 rings (SSSR count). The van der Waals surface area contributed by atoms with Crippen molar-refractivity contribution in [3.05, 3.63) is 0 Å². The molecule has 291 valence electrons. The second-order valence-corrected chi connectivity index (χ2v) is 23.6. The first-order chi connectivity index (χ1) is 20.7. The average Bonchev–Trinajstić information content (AvgIpc) is 2.97. The minimum atomic E-state index is -3.95. The van der Waals surface area contributed by atoms with E-state index in [0.717, 1.165) is 0 Å². The summed E-state index contributed by atoms with van der Waals surface area (Å²) in [6, 6.07) is 0. The van der Waals surface area contributed by atoms with Crippen molar-refractivity contribution in [2.45, 2.75) is 14.9 Å². The Morgan fingerprint density at radius 1 is 0.617 bits per heavy atom. The third kappa shape index (κ3) is 23.3. The van der Waals surface area contributed by atoms with Crippen molar-refractivity contribution in [2.24, 2.45) is 16.2 Å². The number of hydrogen-bond donors (Lipinski definition) is 4. The van der Waals surface area contributed by atoms with Gasteiger partial charge >= 0.3 is 85.6 Å². The van der Waals surface area contributed by atoms with Gasteiger partial charge in [-0.25, -0.2) is 20.9 Å². The molecule has 0 atom stereocenters. The van der Waals surface area contributed by atoms with Crippen molar-refractivity contribution < 1.29 is 96.3 Å². The van der Waals surface area contributed by atoms with E-state index in [9.17, 15) is 25.3 Å². The van der Waals surface area contributed by atoms with Gasteiger partial charge < -0.3 is 20.4 Å². The molecule has 4 saturated heterocycles. The first-order valence-corrected chi connectivity index (χ1v) is 25.2. The van der Waals surface area contributed by atoms with E-state index in [-0.39, 0.29) is 67.7 Å². The molecule has 0 aliphatic carbocycles. The molecular formula is C17H36Cl5O19RuS5. The molecule has 0 aromatic heterocycles. The van der Waals surface area contributed by atoms with Crippen LogP contribution in [0.25, 0.3) is 0 Å². The van der Waals surface area contributed by atoms with Crippen LogP contribution in [0.1, 0.15) is 14.9 Å². The van der Waals surface area contributed by atoms with Gasteiger partial charge in [-0.3, -0.25) is 16.7 Å². The van der Waals surface area contributed by atoms with Crippen LogP contribution in [-0.2, 0) is 99.2 Å². The fourth-order valence-electron chi connectivity index (χ4n) is 2.42. The van der Waals surface area contributed by atoms with E-state index in [0.29, 0.717) is 0 Å². The summed E-state index contributed by atoms with van der Waals surface area (Å²) >= 11 is -5.08. The van der Waals surface area contributed by atoms with Crippen molar-refractivity contribution in [2.75, 3.05) is 79.3 Å². The first kappa shape index (κ1) is 53.3. The van der Waals surface area contributed by atoms with Gasteiger partial charge in [-0.1, -0.05) is 14.9 Å². The van der Waals surface area contributed by atoms with E-state index < -0.39 is 108 Å². The summed E-state index contributed by atoms with van der Waals surface area (Å²) < 4.78 is 110. The summed E-state index contributed by atoms with van der Waals surface area (Å²) in [4.78, 5) is 0. The molecule has 0 amide bonds. The Hall–Kier alpha value is 1.94. The maximum atomic E-state index is 10.8. The van der Waals surface area contributed by atoms with Crippen molar-refractivity contribution in [3.8, 4) is 0 Å². The molecule has 4 heterocycles. The molecule has 30 heteroatoms. The SMILES string of the molecule is C.C.O=S(Cl)Cl.O=S1(=O)OCC2(CO1)COS(=O)(=O)OC2.O=S1OCC2(CO1)COS(=O)OC2.OCC(CO)(CO)CO.[Cl][Ru]([Cl])[Cl]. The topological polar surface area (TPSA) is 274 Å². The Balaban J connectivity index is -0.000000555. The number of halogens is 5. The molecular weight excluding hydrogens is 947 g/mol. The van der Waals surface area contributed by atoms with Crippen LogP contribution in [0.2, 0.25) is 0 Å². The van der Waals surface area contributed by atoms with Crippen LogP contribution < -0.4 is 0 Å². The molecule has 2 spiro atoms. The molecule has 0 aromatic rings. The van der Waals surface area contributed by atoms with E-state index in [1.165, 1.54) is 0 Å². The number of hydrogen-bond acceptors (Lipinski definition) is 19. The van der Waals surface area contributed by atoms with E-state index in [1.807, 2.05) is 0 Å². The average molecular weight is 983 g/mol. The summed E-state index contributed by atoms with van der Waals surface area (Å²) in [7, 11) is 14.3. The standard InChI is InChI=1S/C5H8O8S2.C5H8O6S2.C5H12O4.2CH4.Cl2OS.3ClH.Ru/c6-14(7)10-1-5(2-11-14)3-12-15(8,9)13-4-5;6-12-8-1-5(2-9-12)3-10-13(7)11-4-5;6-1-5(2-7,3-8)4-9;;;1-4(2)3;;;;/h1-4H2;1-4H2;6-9H,1-4H2;2*1H4;;3*1H;/q;;;;;;;;;+3/p-3. The molecule has 4 aliphatic rings. The zero-order valence-electron chi connectivity index (χ0n) is 22.2. The van der Waals surface area contributed by atoms with Gasteiger partial charge in [0.2, 0.25) is 9.23 Å². The van der Waals surface area contributed by atoms with Crippen LogP contribution in [0.3, 0.4) is 0 Å². The fraction of sp³-hybridized carbons (Fsp3) is 1.00. The molecule has 0 saturated carbocycles. The van der Waals surface area contributed by atoms with Crippen molar-refractivity contribution in [3.63, 3.8) is 0 Å². The Bertz CT molecular complexity index is 1020. The molecule has 0 unspecified atom stereocenters. The third-order valence-electron chi connectivity index (χ3n) is 5.22. The van der Waals surface area contributed by atoms with Crippen LogP contribution in [0.5, 0.6) is 0 Å². The van der Waals surface area contributed by atoms with Gasteiger partial charge in [-0.05, 0) is 0 Å². The van der Waals surface area contributed by atoms with Crippen molar-refractivity contribution >= 4 is 103 Å². The second kappa shape index (κ2) is 25.8. The zero-order chi connectivity index (χ0) is 35.0. The molecule has 4 N–H and O–H groups in total. The molecule has 0 aromatic carbocycles. The van der Waals surface area contributed by atoms with Gasteiger partial charge in [0.1, 0.15) is 0 Å². The maximum absolute atomic E-state index is 10.8. The van der Waals surface area contributed by atoms with E-state index in [2.05, 4.69) is 38.1 Å². The molecule has 4 fully saturated rings. The molecule has 0 bridgehead atoms. The molecule has 0 radical (unpaired) electrons. The fourth-order valence-corrected chi connectivity index (χ4v) is 5.65. The Morgan fingerprint density at radius 2 is 0.809 bits per heavy atom. The van der Waals surface area contributed by atoms with Gasteiger partial charge in [0.25, 0.3) is 0 Å². The minimum absolute atomic E-state index is 0. The summed E-state index contributed by atoms with van der Waals surface area (Å²) in [6.45, 7) is -1.56. The van der Waals surface area contributed by atoms with E-state index >= 15 is 0 Å². The van der Waals surface area contributed by atoms with Gasteiger partial charge in [-0.2, -0.15) is 25.3 Å². The summed E-state index contributed by atoms with van der Waals surface area (Å²) in [5.74, 6) is 0. The number of aliphatic hydroxyl groups excluding tert-OH is 4. The summed E-state index contributed by atoms with van der Waals surface area (Å²) in [6.07, 6.45) is 0.